The topological polar surface area (TPSA) is 64.3 Å². The maximum Gasteiger partial charge on any atom is 0.267 e. The summed E-state index contributed by atoms with van der Waals surface area (Å²) in [4.78, 5) is 12.4. The number of nitrogens with two attached hydrogens (primary N) is 1. The second kappa shape index (κ2) is 6.28. The molecule has 0 saturated heterocycles. The highest BCUT2D eigenvalue weighted by molar-refractivity contribution is 6.30. The van der Waals surface area contributed by atoms with Crippen molar-refractivity contribution in [1.82, 2.24) is 0 Å². The van der Waals surface area contributed by atoms with Gasteiger partial charge in [0.05, 0.1) is 0 Å². The molecule has 0 atom stereocenters. The third-order valence-electron chi connectivity index (χ3n) is 3.27. The lowest BCUT2D eigenvalue weighted by Gasteiger charge is -2.25. The predicted molar refractivity (Wildman–Crippen MR) is 90.4 cm³/mol. The zero-order valence-electron chi connectivity index (χ0n) is 12.8. The van der Waals surface area contributed by atoms with Crippen molar-refractivity contribution in [3.8, 4) is 5.75 Å². The number of halogens is 1. The SMILES string of the molecule is Cc1ccc(NC(=O)C(C)(C)Oc2ccc(Cl)cc2)cc1N. The highest BCUT2D eigenvalue weighted by Gasteiger charge is 2.30. The number of carbonyl (C=O) groups excluding carboxylic acids is 1. The van der Waals surface area contributed by atoms with E-state index in [0.29, 0.717) is 22.1 Å². The third kappa shape index (κ3) is 3.92. The maximum atomic E-state index is 12.4. The Hall–Kier alpha value is -2.20. The predicted octanol–water partition coefficient (Wildman–Crippen LogP) is 4.03. The van der Waals surface area contributed by atoms with Crippen LogP contribution < -0.4 is 15.8 Å². The molecule has 0 aliphatic heterocycles. The fraction of sp³-hybridized carbons (Fsp3) is 0.235. The first-order valence-electron chi connectivity index (χ1n) is 6.90. The Labute approximate surface area is 135 Å². The molecule has 0 aromatic heterocycles. The summed E-state index contributed by atoms with van der Waals surface area (Å²) in [6.45, 7) is 5.32. The van der Waals surface area contributed by atoms with Crippen LogP contribution in [0.25, 0.3) is 0 Å². The standard InChI is InChI=1S/C17H19ClN2O2/c1-11-4-7-13(10-15(11)19)20-16(21)17(2,3)22-14-8-5-12(18)6-9-14/h4-10H,19H2,1-3H3,(H,20,21). The van der Waals surface area contributed by atoms with Crippen molar-refractivity contribution in [2.75, 3.05) is 11.1 Å². The van der Waals surface area contributed by atoms with Crippen LogP contribution in [0.2, 0.25) is 5.02 Å². The summed E-state index contributed by atoms with van der Waals surface area (Å²) in [6.07, 6.45) is 0. The summed E-state index contributed by atoms with van der Waals surface area (Å²) in [6, 6.07) is 12.3. The smallest absolute Gasteiger partial charge is 0.267 e. The summed E-state index contributed by atoms with van der Waals surface area (Å²) in [5.41, 5.74) is 7.05. The number of nitrogen functional groups attached to an aromatic ring is 1. The molecule has 0 unspecified atom stereocenters. The van der Waals surface area contributed by atoms with Crippen molar-refractivity contribution in [3.63, 3.8) is 0 Å². The van der Waals surface area contributed by atoms with Crippen LogP contribution in [0.3, 0.4) is 0 Å². The van der Waals surface area contributed by atoms with Gasteiger partial charge in [0.15, 0.2) is 5.60 Å². The number of nitrogens with one attached hydrogen (secondary N) is 1. The molecule has 3 N–H and O–H groups in total. The molecule has 0 spiro atoms. The molecule has 4 nitrogen and oxygen atoms in total. The van der Waals surface area contributed by atoms with Gasteiger partial charge in [0.25, 0.3) is 5.91 Å². The van der Waals surface area contributed by atoms with Gasteiger partial charge < -0.3 is 15.8 Å². The van der Waals surface area contributed by atoms with E-state index in [0.717, 1.165) is 5.56 Å². The molecule has 0 saturated carbocycles. The van der Waals surface area contributed by atoms with Gasteiger partial charge in [0.1, 0.15) is 5.75 Å². The van der Waals surface area contributed by atoms with Gasteiger partial charge in [-0.2, -0.15) is 0 Å². The van der Waals surface area contributed by atoms with Gasteiger partial charge >= 0.3 is 0 Å². The molecule has 2 rings (SSSR count). The lowest BCUT2D eigenvalue weighted by atomic mass is 10.1. The van der Waals surface area contributed by atoms with Crippen molar-refractivity contribution >= 4 is 28.9 Å². The minimum absolute atomic E-state index is 0.259. The van der Waals surface area contributed by atoms with E-state index >= 15 is 0 Å². The molecular weight excluding hydrogens is 300 g/mol. The molecule has 0 fully saturated rings. The number of aryl methyl sites for hydroxylation is 1. The summed E-state index contributed by atoms with van der Waals surface area (Å²) in [5, 5.41) is 3.43. The Kier molecular flexibility index (Phi) is 4.62. The van der Waals surface area contributed by atoms with Crippen LogP contribution in [0.4, 0.5) is 11.4 Å². The molecule has 0 aliphatic rings. The van der Waals surface area contributed by atoms with E-state index in [1.165, 1.54) is 0 Å². The molecule has 5 heteroatoms. The Morgan fingerprint density at radius 2 is 1.82 bits per heavy atom. The molecule has 2 aromatic carbocycles. The number of amides is 1. The molecule has 22 heavy (non-hydrogen) atoms. The number of rotatable bonds is 4. The summed E-state index contributed by atoms with van der Waals surface area (Å²) in [5.74, 6) is 0.318. The Morgan fingerprint density at radius 3 is 2.41 bits per heavy atom. The number of ether oxygens (including phenoxy) is 1. The number of anilines is 2. The molecule has 0 heterocycles. The largest absolute Gasteiger partial charge is 0.478 e. The zero-order valence-corrected chi connectivity index (χ0v) is 13.6. The van der Waals surface area contributed by atoms with Crippen LogP contribution in [0, 0.1) is 6.92 Å². The lowest BCUT2D eigenvalue weighted by molar-refractivity contribution is -0.128. The monoisotopic (exact) mass is 318 g/mol. The third-order valence-corrected chi connectivity index (χ3v) is 3.52. The normalized spacial score (nSPS) is 11.1. The van der Waals surface area contributed by atoms with Crippen LogP contribution in [0.5, 0.6) is 5.75 Å². The van der Waals surface area contributed by atoms with E-state index in [-0.39, 0.29) is 5.91 Å². The van der Waals surface area contributed by atoms with Gasteiger partial charge in [-0.15, -0.1) is 0 Å². The van der Waals surface area contributed by atoms with E-state index in [2.05, 4.69) is 5.32 Å². The van der Waals surface area contributed by atoms with Gasteiger partial charge in [-0.3, -0.25) is 4.79 Å². The number of benzene rings is 2. The lowest BCUT2D eigenvalue weighted by Crippen LogP contribution is -2.42. The van der Waals surface area contributed by atoms with Gasteiger partial charge in [0.2, 0.25) is 0 Å². The molecule has 2 aromatic rings. The Bertz CT molecular complexity index is 682. The van der Waals surface area contributed by atoms with Crippen molar-refractivity contribution in [3.05, 3.63) is 53.1 Å². The second-order valence-corrected chi connectivity index (χ2v) is 6.03. The van der Waals surface area contributed by atoms with Crippen LogP contribution in [0.15, 0.2) is 42.5 Å². The first kappa shape index (κ1) is 16.2. The van der Waals surface area contributed by atoms with E-state index in [9.17, 15) is 4.79 Å². The average Bonchev–Trinajstić information content (AvgIpc) is 2.45. The average molecular weight is 319 g/mol. The summed E-state index contributed by atoms with van der Waals surface area (Å²) >= 11 is 5.83. The van der Waals surface area contributed by atoms with Crippen LogP contribution in [-0.2, 0) is 4.79 Å². The fourth-order valence-electron chi connectivity index (χ4n) is 1.84. The highest BCUT2D eigenvalue weighted by atomic mass is 35.5. The molecular formula is C17H19ClN2O2. The quantitative estimate of drug-likeness (QED) is 0.837. The number of carbonyl (C=O) groups is 1. The van der Waals surface area contributed by atoms with Gasteiger partial charge in [-0.25, -0.2) is 0 Å². The van der Waals surface area contributed by atoms with E-state index in [1.807, 2.05) is 19.1 Å². The Balaban J connectivity index is 2.09. The van der Waals surface area contributed by atoms with Gasteiger partial charge in [0, 0.05) is 16.4 Å². The van der Waals surface area contributed by atoms with Crippen LogP contribution in [0.1, 0.15) is 19.4 Å². The number of hydrogen-bond acceptors (Lipinski definition) is 3. The second-order valence-electron chi connectivity index (χ2n) is 5.59. The van der Waals surface area contributed by atoms with Crippen LogP contribution in [-0.4, -0.2) is 11.5 Å². The summed E-state index contributed by atoms with van der Waals surface area (Å²) in [7, 11) is 0. The fourth-order valence-corrected chi connectivity index (χ4v) is 1.97. The molecule has 116 valence electrons. The van der Waals surface area contributed by atoms with E-state index in [1.54, 1.807) is 44.2 Å². The van der Waals surface area contributed by atoms with Gasteiger partial charge in [-0.05, 0) is 62.7 Å². The Morgan fingerprint density at radius 1 is 1.18 bits per heavy atom. The maximum absolute atomic E-state index is 12.4. The van der Waals surface area contributed by atoms with Crippen molar-refractivity contribution in [1.29, 1.82) is 0 Å². The van der Waals surface area contributed by atoms with Crippen LogP contribution >= 0.6 is 11.6 Å². The minimum Gasteiger partial charge on any atom is -0.478 e. The number of hydrogen-bond donors (Lipinski definition) is 2. The molecule has 1 amide bonds. The van der Waals surface area contributed by atoms with Gasteiger partial charge in [-0.1, -0.05) is 17.7 Å². The van der Waals surface area contributed by atoms with Crippen molar-refractivity contribution in [2.45, 2.75) is 26.4 Å². The minimum atomic E-state index is -1.03. The van der Waals surface area contributed by atoms with Crippen molar-refractivity contribution in [2.24, 2.45) is 0 Å². The first-order valence-corrected chi connectivity index (χ1v) is 7.28. The molecule has 0 radical (unpaired) electrons. The van der Waals surface area contributed by atoms with Crippen molar-refractivity contribution < 1.29 is 9.53 Å². The van der Waals surface area contributed by atoms with E-state index in [4.69, 9.17) is 22.1 Å². The highest BCUT2D eigenvalue weighted by Crippen LogP contribution is 2.23. The van der Waals surface area contributed by atoms with E-state index < -0.39 is 5.60 Å². The zero-order chi connectivity index (χ0) is 16.3. The summed E-state index contributed by atoms with van der Waals surface area (Å²) < 4.78 is 5.74. The first-order chi connectivity index (χ1) is 10.3. The molecule has 0 bridgehead atoms. The molecule has 0 aliphatic carbocycles.